The van der Waals surface area contributed by atoms with E-state index in [1.807, 2.05) is 31.2 Å². The number of carbonyl (C=O) groups is 1. The van der Waals surface area contributed by atoms with E-state index in [0.717, 1.165) is 15.6 Å². The Morgan fingerprint density at radius 2 is 1.82 bits per heavy atom. The summed E-state index contributed by atoms with van der Waals surface area (Å²) in [7, 11) is -3.74. The van der Waals surface area contributed by atoms with Gasteiger partial charge in [0.25, 0.3) is 0 Å². The molecule has 146 valence electrons. The van der Waals surface area contributed by atoms with Gasteiger partial charge in [-0.15, -0.1) is 0 Å². The smallest absolute Gasteiger partial charge is 0.308 e. The van der Waals surface area contributed by atoms with Gasteiger partial charge in [0, 0.05) is 17.4 Å². The Hall–Kier alpha value is -1.96. The van der Waals surface area contributed by atoms with Crippen molar-refractivity contribution >= 4 is 37.5 Å². The van der Waals surface area contributed by atoms with Gasteiger partial charge in [0.15, 0.2) is 5.60 Å². The van der Waals surface area contributed by atoms with E-state index in [1.165, 1.54) is 4.31 Å². The lowest BCUT2D eigenvalue weighted by atomic mass is 9.83. The number of fused-ring (bicyclic) bond motifs is 1. The molecule has 0 N–H and O–H groups in total. The van der Waals surface area contributed by atoms with Gasteiger partial charge in [-0.05, 0) is 42.3 Å². The minimum Gasteiger partial charge on any atom is -0.452 e. The van der Waals surface area contributed by atoms with Crippen molar-refractivity contribution in [1.29, 1.82) is 0 Å². The van der Waals surface area contributed by atoms with Crippen molar-refractivity contribution in [2.45, 2.75) is 36.3 Å². The van der Waals surface area contributed by atoms with Crippen molar-refractivity contribution in [3.8, 4) is 0 Å². The fourth-order valence-corrected chi connectivity index (χ4v) is 5.99. The second kappa shape index (κ2) is 6.83. The zero-order chi connectivity index (χ0) is 20.1. The Bertz CT molecular complexity index is 1050. The van der Waals surface area contributed by atoms with Crippen LogP contribution in [0.25, 0.3) is 5.57 Å². The second-order valence-electron chi connectivity index (χ2n) is 7.25. The van der Waals surface area contributed by atoms with Crippen LogP contribution in [0.5, 0.6) is 0 Å². The van der Waals surface area contributed by atoms with Crippen LogP contribution in [0.2, 0.25) is 0 Å². The van der Waals surface area contributed by atoms with Crippen LogP contribution >= 0.6 is 15.9 Å². The normalized spacial score (nSPS) is 24.8. The maximum absolute atomic E-state index is 13.3. The molecule has 4 rings (SSSR count). The summed E-state index contributed by atoms with van der Waals surface area (Å²) in [5.74, 6) is -0.396. The third-order valence-corrected chi connectivity index (χ3v) is 8.03. The minimum atomic E-state index is -3.74. The molecule has 0 radical (unpaired) electrons. The van der Waals surface area contributed by atoms with Crippen molar-refractivity contribution in [1.82, 2.24) is 4.31 Å². The molecule has 0 aromatic heterocycles. The molecule has 7 heteroatoms. The zero-order valence-electron chi connectivity index (χ0n) is 15.4. The summed E-state index contributed by atoms with van der Waals surface area (Å²) in [5, 5.41) is 0. The molecular weight excluding hydrogens is 442 g/mol. The molecule has 0 aliphatic carbocycles. The molecule has 0 amide bonds. The summed E-state index contributed by atoms with van der Waals surface area (Å²) in [4.78, 5) is 12.4. The Balaban J connectivity index is 1.72. The third-order valence-electron chi connectivity index (χ3n) is 5.58. The molecule has 2 atom stereocenters. The second-order valence-corrected chi connectivity index (χ2v) is 10.1. The summed E-state index contributed by atoms with van der Waals surface area (Å²) in [6.07, 6.45) is 0.421. The van der Waals surface area contributed by atoms with Crippen LogP contribution in [0, 0.1) is 6.92 Å². The highest BCUT2D eigenvalue weighted by Crippen LogP contribution is 2.49. The van der Waals surface area contributed by atoms with Crippen LogP contribution in [0.3, 0.4) is 0 Å². The molecule has 28 heavy (non-hydrogen) atoms. The molecule has 2 aromatic rings. The van der Waals surface area contributed by atoms with Gasteiger partial charge in [-0.1, -0.05) is 52.3 Å². The first-order chi connectivity index (χ1) is 13.2. The molecule has 0 unspecified atom stereocenters. The van der Waals surface area contributed by atoms with Crippen molar-refractivity contribution in [2.24, 2.45) is 0 Å². The van der Waals surface area contributed by atoms with Crippen LogP contribution in [0.4, 0.5) is 0 Å². The van der Waals surface area contributed by atoms with Crippen LogP contribution in [0.15, 0.2) is 64.5 Å². The summed E-state index contributed by atoms with van der Waals surface area (Å²) in [6, 6.07) is 13.7. The van der Waals surface area contributed by atoms with Crippen LogP contribution in [-0.4, -0.2) is 36.9 Å². The molecule has 5 nitrogen and oxygen atoms in total. The molecule has 2 saturated heterocycles. The first-order valence-corrected chi connectivity index (χ1v) is 11.2. The predicted molar refractivity (Wildman–Crippen MR) is 110 cm³/mol. The number of aryl methyl sites for hydroxylation is 1. The lowest BCUT2D eigenvalue weighted by Crippen LogP contribution is -2.44. The highest BCUT2D eigenvalue weighted by atomic mass is 79.9. The summed E-state index contributed by atoms with van der Waals surface area (Å²) in [5.41, 5.74) is 1.43. The van der Waals surface area contributed by atoms with Gasteiger partial charge in [-0.3, -0.25) is 4.79 Å². The Labute approximate surface area is 173 Å². The number of rotatable bonds is 4. The van der Waals surface area contributed by atoms with Crippen molar-refractivity contribution in [3.05, 3.63) is 70.7 Å². The van der Waals surface area contributed by atoms with E-state index in [0.29, 0.717) is 12.0 Å². The summed E-state index contributed by atoms with van der Waals surface area (Å²) < 4.78 is 34.6. The molecule has 0 spiro atoms. The van der Waals surface area contributed by atoms with E-state index < -0.39 is 27.6 Å². The molecule has 0 saturated carbocycles. The molecular formula is C21H20BrNO4S. The van der Waals surface area contributed by atoms with Gasteiger partial charge < -0.3 is 4.74 Å². The van der Waals surface area contributed by atoms with Gasteiger partial charge in [-0.2, -0.15) is 4.31 Å². The Morgan fingerprint density at radius 1 is 1.18 bits per heavy atom. The average Bonchev–Trinajstić information content (AvgIpc) is 3.17. The maximum atomic E-state index is 13.3. The monoisotopic (exact) mass is 461 g/mol. The first kappa shape index (κ1) is 19.4. The van der Waals surface area contributed by atoms with E-state index >= 15 is 0 Å². The Kier molecular flexibility index (Phi) is 4.72. The topological polar surface area (TPSA) is 63.7 Å². The summed E-state index contributed by atoms with van der Waals surface area (Å²) >= 11 is 3.41. The van der Waals surface area contributed by atoms with Crippen molar-refractivity contribution in [3.63, 3.8) is 0 Å². The zero-order valence-corrected chi connectivity index (χ0v) is 17.8. The number of hydrogen-bond donors (Lipinski definition) is 0. The van der Waals surface area contributed by atoms with Gasteiger partial charge in [0.2, 0.25) is 10.0 Å². The SMILES string of the molecule is C=C(c1ccc(Br)cc1)[C@]12CCN(S(=O)(=O)c3ccc(C)cc3)[C@H]1CC(=O)O2. The van der Waals surface area contributed by atoms with E-state index in [2.05, 4.69) is 22.5 Å². The average molecular weight is 462 g/mol. The van der Waals surface area contributed by atoms with Crippen LogP contribution < -0.4 is 0 Å². The molecule has 2 aromatic carbocycles. The predicted octanol–water partition coefficient (Wildman–Crippen LogP) is 3.92. The number of ether oxygens (including phenoxy) is 1. The van der Waals surface area contributed by atoms with Crippen LogP contribution in [-0.2, 0) is 19.6 Å². The van der Waals surface area contributed by atoms with Gasteiger partial charge >= 0.3 is 5.97 Å². The molecule has 0 bridgehead atoms. The van der Waals surface area contributed by atoms with Crippen LogP contribution in [0.1, 0.15) is 24.0 Å². The number of carbonyl (C=O) groups excluding carboxylic acids is 1. The molecule has 2 aliphatic rings. The maximum Gasteiger partial charge on any atom is 0.308 e. The van der Waals surface area contributed by atoms with Gasteiger partial charge in [-0.25, -0.2) is 8.42 Å². The molecule has 2 fully saturated rings. The number of halogens is 1. The molecule has 2 heterocycles. The van der Waals surface area contributed by atoms with Crippen molar-refractivity contribution < 1.29 is 17.9 Å². The largest absolute Gasteiger partial charge is 0.452 e. The third kappa shape index (κ3) is 3.02. The van der Waals surface area contributed by atoms with E-state index in [4.69, 9.17) is 4.74 Å². The minimum absolute atomic E-state index is 0.0284. The number of benzene rings is 2. The van der Waals surface area contributed by atoms with Crippen molar-refractivity contribution in [2.75, 3.05) is 6.54 Å². The first-order valence-electron chi connectivity index (χ1n) is 9.00. The number of esters is 1. The fourth-order valence-electron chi connectivity index (χ4n) is 4.06. The highest BCUT2D eigenvalue weighted by molar-refractivity contribution is 9.10. The summed E-state index contributed by atoms with van der Waals surface area (Å²) in [6.45, 7) is 6.38. The number of nitrogens with zero attached hydrogens (tertiary/aromatic N) is 1. The quantitative estimate of drug-likeness (QED) is 0.647. The Morgan fingerprint density at radius 3 is 2.46 bits per heavy atom. The highest BCUT2D eigenvalue weighted by Gasteiger charge is 2.60. The van der Waals surface area contributed by atoms with E-state index in [1.54, 1.807) is 24.3 Å². The lowest BCUT2D eigenvalue weighted by molar-refractivity contribution is -0.144. The standard InChI is InChI=1S/C21H20BrNO4S/c1-14-3-9-18(10-4-14)28(25,26)23-12-11-21(19(23)13-20(24)27-21)15(2)16-5-7-17(22)8-6-16/h3-10,19H,2,11-13H2,1H3/t19-,21+/m0/s1. The van der Waals surface area contributed by atoms with Gasteiger partial charge in [0.05, 0.1) is 17.4 Å². The van der Waals surface area contributed by atoms with E-state index in [-0.39, 0.29) is 17.9 Å². The van der Waals surface area contributed by atoms with E-state index in [9.17, 15) is 13.2 Å². The number of hydrogen-bond acceptors (Lipinski definition) is 4. The lowest BCUT2D eigenvalue weighted by Gasteiger charge is -2.31. The molecule has 2 aliphatic heterocycles. The van der Waals surface area contributed by atoms with Gasteiger partial charge in [0.1, 0.15) is 0 Å². The number of sulfonamides is 1. The fraction of sp³-hybridized carbons (Fsp3) is 0.286.